The van der Waals surface area contributed by atoms with E-state index in [1.807, 2.05) is 17.0 Å². The molecule has 2 heterocycles. The zero-order valence-electron chi connectivity index (χ0n) is 15.1. The normalized spacial score (nSPS) is 21.2. The zero-order chi connectivity index (χ0) is 17.8. The van der Waals surface area contributed by atoms with Crippen molar-refractivity contribution in [1.82, 2.24) is 9.80 Å². The number of benzene rings is 1. The highest BCUT2D eigenvalue weighted by Gasteiger charge is 2.35. The van der Waals surface area contributed by atoms with Crippen molar-refractivity contribution in [2.45, 2.75) is 32.2 Å². The minimum Gasteiger partial charge on any atom is -0.497 e. The van der Waals surface area contributed by atoms with Crippen LogP contribution in [0, 0.1) is 0 Å². The lowest BCUT2D eigenvalue weighted by Crippen LogP contribution is -2.48. The van der Waals surface area contributed by atoms with Gasteiger partial charge in [-0.05, 0) is 43.5 Å². The number of nitrogens with zero attached hydrogens (tertiary/aromatic N) is 3. The van der Waals surface area contributed by atoms with Gasteiger partial charge in [0.1, 0.15) is 11.8 Å². The second-order valence-corrected chi connectivity index (χ2v) is 6.73. The van der Waals surface area contributed by atoms with Gasteiger partial charge in [-0.2, -0.15) is 0 Å². The summed E-state index contributed by atoms with van der Waals surface area (Å²) < 4.78 is 5.21. The molecule has 136 valence electrons. The van der Waals surface area contributed by atoms with Crippen LogP contribution in [0.1, 0.15) is 26.2 Å². The molecule has 2 fully saturated rings. The lowest BCUT2D eigenvalue weighted by Gasteiger charge is -2.29. The number of hydrogen-bond acceptors (Lipinski definition) is 4. The van der Waals surface area contributed by atoms with E-state index in [9.17, 15) is 9.59 Å². The Labute approximate surface area is 149 Å². The van der Waals surface area contributed by atoms with Crippen LogP contribution in [0.15, 0.2) is 24.3 Å². The van der Waals surface area contributed by atoms with Crippen LogP contribution < -0.4 is 9.64 Å². The van der Waals surface area contributed by atoms with Crippen molar-refractivity contribution in [2.24, 2.45) is 0 Å². The molecule has 25 heavy (non-hydrogen) atoms. The fourth-order valence-electron chi connectivity index (χ4n) is 3.80. The lowest BCUT2D eigenvalue weighted by molar-refractivity contribution is -0.142. The molecule has 3 rings (SSSR count). The Hall–Kier alpha value is -2.24. The van der Waals surface area contributed by atoms with Crippen molar-refractivity contribution < 1.29 is 14.3 Å². The molecule has 6 nitrogen and oxygen atoms in total. The van der Waals surface area contributed by atoms with Gasteiger partial charge in [0.25, 0.3) is 0 Å². The van der Waals surface area contributed by atoms with Crippen LogP contribution in [0.25, 0.3) is 0 Å². The SMILES string of the molecule is COc1ccc(N2CCCN(C(=O)[C@@H]3CCCN3C(C)=O)CC2)cc1. The summed E-state index contributed by atoms with van der Waals surface area (Å²) in [7, 11) is 1.66. The number of amides is 2. The van der Waals surface area contributed by atoms with Crippen LogP contribution in [0.3, 0.4) is 0 Å². The van der Waals surface area contributed by atoms with Gasteiger partial charge in [0, 0.05) is 45.3 Å². The summed E-state index contributed by atoms with van der Waals surface area (Å²) in [6.45, 7) is 5.46. The molecule has 2 aliphatic rings. The van der Waals surface area contributed by atoms with Gasteiger partial charge in [-0.15, -0.1) is 0 Å². The average Bonchev–Trinajstić information content (AvgIpc) is 3.00. The van der Waals surface area contributed by atoms with Crippen molar-refractivity contribution in [2.75, 3.05) is 44.7 Å². The van der Waals surface area contributed by atoms with E-state index in [2.05, 4.69) is 17.0 Å². The first-order chi connectivity index (χ1) is 12.1. The van der Waals surface area contributed by atoms with E-state index in [4.69, 9.17) is 4.74 Å². The van der Waals surface area contributed by atoms with Crippen molar-refractivity contribution in [1.29, 1.82) is 0 Å². The molecule has 2 aliphatic heterocycles. The molecule has 0 saturated carbocycles. The maximum atomic E-state index is 12.9. The molecule has 2 amide bonds. The van der Waals surface area contributed by atoms with Crippen LogP contribution in [0.2, 0.25) is 0 Å². The van der Waals surface area contributed by atoms with E-state index in [0.29, 0.717) is 13.1 Å². The minimum atomic E-state index is -0.259. The van der Waals surface area contributed by atoms with Gasteiger partial charge in [0.2, 0.25) is 11.8 Å². The Balaban J connectivity index is 1.62. The summed E-state index contributed by atoms with van der Waals surface area (Å²) in [6, 6.07) is 7.79. The fraction of sp³-hybridized carbons (Fsp3) is 0.579. The third-order valence-electron chi connectivity index (χ3n) is 5.19. The highest BCUT2D eigenvalue weighted by molar-refractivity contribution is 5.87. The van der Waals surface area contributed by atoms with Crippen molar-refractivity contribution in [3.8, 4) is 5.75 Å². The Kier molecular flexibility index (Phi) is 5.46. The van der Waals surface area contributed by atoms with E-state index < -0.39 is 0 Å². The molecule has 0 aromatic heterocycles. The van der Waals surface area contributed by atoms with Gasteiger partial charge in [0.15, 0.2) is 0 Å². The van der Waals surface area contributed by atoms with Gasteiger partial charge in [-0.3, -0.25) is 9.59 Å². The number of ether oxygens (including phenoxy) is 1. The van der Waals surface area contributed by atoms with Crippen LogP contribution in [-0.2, 0) is 9.59 Å². The van der Waals surface area contributed by atoms with Crippen LogP contribution in [-0.4, -0.2) is 67.5 Å². The smallest absolute Gasteiger partial charge is 0.245 e. The zero-order valence-corrected chi connectivity index (χ0v) is 15.1. The first kappa shape index (κ1) is 17.6. The first-order valence-corrected chi connectivity index (χ1v) is 9.05. The molecule has 6 heteroatoms. The summed E-state index contributed by atoms with van der Waals surface area (Å²) in [5.74, 6) is 0.968. The second-order valence-electron chi connectivity index (χ2n) is 6.73. The summed E-state index contributed by atoms with van der Waals surface area (Å²) in [5, 5.41) is 0. The van der Waals surface area contributed by atoms with E-state index in [0.717, 1.165) is 50.3 Å². The molecule has 0 bridgehead atoms. The Morgan fingerprint density at radius 3 is 2.44 bits per heavy atom. The summed E-state index contributed by atoms with van der Waals surface area (Å²) in [4.78, 5) is 30.6. The maximum Gasteiger partial charge on any atom is 0.245 e. The number of rotatable bonds is 3. The second kappa shape index (κ2) is 7.76. The number of methoxy groups -OCH3 is 1. The molecule has 0 N–H and O–H groups in total. The summed E-state index contributed by atoms with van der Waals surface area (Å²) in [5.41, 5.74) is 1.15. The van der Waals surface area contributed by atoms with Crippen LogP contribution in [0.5, 0.6) is 5.75 Å². The third-order valence-corrected chi connectivity index (χ3v) is 5.19. The average molecular weight is 345 g/mol. The number of carbonyl (C=O) groups is 2. The molecule has 0 aliphatic carbocycles. The Morgan fingerprint density at radius 2 is 1.76 bits per heavy atom. The molecule has 0 spiro atoms. The van der Waals surface area contributed by atoms with Crippen LogP contribution >= 0.6 is 0 Å². The molecular formula is C19H27N3O3. The number of carbonyl (C=O) groups excluding carboxylic acids is 2. The number of hydrogen-bond donors (Lipinski definition) is 0. The van der Waals surface area contributed by atoms with Crippen molar-refractivity contribution >= 4 is 17.5 Å². The molecule has 0 unspecified atom stereocenters. The monoisotopic (exact) mass is 345 g/mol. The van der Waals surface area contributed by atoms with Gasteiger partial charge in [-0.25, -0.2) is 0 Å². The Bertz CT molecular complexity index is 617. The van der Waals surface area contributed by atoms with Crippen molar-refractivity contribution in [3.63, 3.8) is 0 Å². The predicted molar refractivity (Wildman–Crippen MR) is 96.8 cm³/mol. The molecule has 1 atom stereocenters. The highest BCUT2D eigenvalue weighted by atomic mass is 16.5. The number of likely N-dealkylation sites (tertiary alicyclic amines) is 1. The van der Waals surface area contributed by atoms with E-state index in [-0.39, 0.29) is 17.9 Å². The van der Waals surface area contributed by atoms with Gasteiger partial charge in [-0.1, -0.05) is 0 Å². The molecule has 1 aromatic carbocycles. The van der Waals surface area contributed by atoms with Crippen LogP contribution in [0.4, 0.5) is 5.69 Å². The third kappa shape index (κ3) is 3.89. The fourth-order valence-corrected chi connectivity index (χ4v) is 3.80. The summed E-state index contributed by atoms with van der Waals surface area (Å²) in [6.07, 6.45) is 2.64. The van der Waals surface area contributed by atoms with Gasteiger partial charge >= 0.3 is 0 Å². The molecule has 2 saturated heterocycles. The van der Waals surface area contributed by atoms with Gasteiger partial charge in [0.05, 0.1) is 7.11 Å². The Morgan fingerprint density at radius 1 is 1.00 bits per heavy atom. The number of anilines is 1. The topological polar surface area (TPSA) is 53.1 Å². The first-order valence-electron chi connectivity index (χ1n) is 9.05. The lowest BCUT2D eigenvalue weighted by atomic mass is 10.2. The molecular weight excluding hydrogens is 318 g/mol. The van der Waals surface area contributed by atoms with E-state index >= 15 is 0 Å². The summed E-state index contributed by atoms with van der Waals surface area (Å²) >= 11 is 0. The van der Waals surface area contributed by atoms with Crippen molar-refractivity contribution in [3.05, 3.63) is 24.3 Å². The largest absolute Gasteiger partial charge is 0.497 e. The predicted octanol–water partition coefficient (Wildman–Crippen LogP) is 1.74. The highest BCUT2D eigenvalue weighted by Crippen LogP contribution is 2.23. The standard InChI is InChI=1S/C19H27N3O3/c1-15(23)22-12-3-5-18(22)19(24)21-11-4-10-20(13-14-21)16-6-8-17(25-2)9-7-16/h6-9,18H,3-5,10-14H2,1-2H3/t18-/m0/s1. The minimum absolute atomic E-state index is 0.00512. The van der Waals surface area contributed by atoms with E-state index in [1.54, 1.807) is 18.9 Å². The quantitative estimate of drug-likeness (QED) is 0.837. The van der Waals surface area contributed by atoms with E-state index in [1.165, 1.54) is 0 Å². The molecule has 1 aromatic rings. The molecule has 0 radical (unpaired) electrons. The van der Waals surface area contributed by atoms with Gasteiger partial charge < -0.3 is 19.4 Å². The maximum absolute atomic E-state index is 12.9.